The lowest BCUT2D eigenvalue weighted by Gasteiger charge is -2.19. The summed E-state index contributed by atoms with van der Waals surface area (Å²) in [7, 11) is -2.24. The van der Waals surface area contributed by atoms with Gasteiger partial charge in [-0.25, -0.2) is 22.2 Å². The van der Waals surface area contributed by atoms with E-state index in [1.807, 2.05) is 0 Å². The van der Waals surface area contributed by atoms with Gasteiger partial charge in [0.1, 0.15) is 16.9 Å². The Bertz CT molecular complexity index is 1920. The van der Waals surface area contributed by atoms with Crippen LogP contribution in [0.4, 0.5) is 21.5 Å². The van der Waals surface area contributed by atoms with Gasteiger partial charge in [0.25, 0.3) is 11.1 Å². The molecule has 0 unspecified atom stereocenters. The van der Waals surface area contributed by atoms with E-state index in [-0.39, 0.29) is 39.8 Å². The highest BCUT2D eigenvalue weighted by Crippen LogP contribution is 2.34. The molecule has 1 saturated carbocycles. The number of rotatable bonds is 7. The number of benzene rings is 2. The molecule has 2 aromatic carbocycles. The quantitative estimate of drug-likeness (QED) is 0.361. The van der Waals surface area contributed by atoms with E-state index in [1.165, 1.54) is 54.3 Å². The van der Waals surface area contributed by atoms with Gasteiger partial charge in [0, 0.05) is 19.2 Å². The molecule has 12 heteroatoms. The Hall–Kier alpha value is -4.19. The van der Waals surface area contributed by atoms with Gasteiger partial charge < -0.3 is 5.32 Å². The Morgan fingerprint density at radius 1 is 1.00 bits per heavy atom. The standard InChI is InChI=1S/C27H28FN5O5S/c1-15(2)39(37,38)30-17-6-5-7-19(13-17)32-25-24(26(35)33(27(32)36)18-9-10-18)22(14-23(34)31(25)4)29-21-11-8-16(3)12-20(21)28/h5-8,11-15,18,29-30H,9-10H2,1-4H3. The van der Waals surface area contributed by atoms with Crippen LogP contribution in [0.15, 0.2) is 62.9 Å². The summed E-state index contributed by atoms with van der Waals surface area (Å²) in [5, 5.41) is 2.21. The number of nitrogens with zero attached hydrogens (tertiary/aromatic N) is 3. The molecule has 0 saturated heterocycles. The molecule has 0 atom stereocenters. The van der Waals surface area contributed by atoms with E-state index in [2.05, 4.69) is 10.0 Å². The van der Waals surface area contributed by atoms with Crippen molar-refractivity contribution in [2.24, 2.45) is 7.05 Å². The third kappa shape index (κ3) is 4.76. The Kier molecular flexibility index (Phi) is 6.45. The zero-order chi connectivity index (χ0) is 28.2. The van der Waals surface area contributed by atoms with E-state index in [0.29, 0.717) is 18.4 Å². The van der Waals surface area contributed by atoms with Gasteiger partial charge in [-0.15, -0.1) is 0 Å². The molecule has 39 heavy (non-hydrogen) atoms. The summed E-state index contributed by atoms with van der Waals surface area (Å²) < 4.78 is 45.7. The molecular formula is C27H28FN5O5S. The van der Waals surface area contributed by atoms with Crippen LogP contribution in [0.1, 0.15) is 38.3 Å². The number of sulfonamides is 1. The number of pyridine rings is 1. The van der Waals surface area contributed by atoms with Crippen molar-refractivity contribution < 1.29 is 12.8 Å². The lowest BCUT2D eigenvalue weighted by molar-refractivity contribution is 0.593. The lowest BCUT2D eigenvalue weighted by atomic mass is 10.2. The van der Waals surface area contributed by atoms with Crippen LogP contribution in [0.2, 0.25) is 0 Å². The SMILES string of the molecule is Cc1ccc(Nc2cc(=O)n(C)c3c2c(=O)n(C2CC2)c(=O)n3-c2cccc(NS(=O)(=O)C(C)C)c2)c(F)c1. The molecule has 0 bridgehead atoms. The Morgan fingerprint density at radius 3 is 2.36 bits per heavy atom. The number of hydrogen-bond acceptors (Lipinski definition) is 6. The van der Waals surface area contributed by atoms with Gasteiger partial charge in [-0.1, -0.05) is 12.1 Å². The highest BCUT2D eigenvalue weighted by Gasteiger charge is 2.31. The Balaban J connectivity index is 1.82. The molecule has 2 aromatic heterocycles. The summed E-state index contributed by atoms with van der Waals surface area (Å²) in [6.45, 7) is 4.82. The second-order valence-electron chi connectivity index (χ2n) is 10.0. The predicted molar refractivity (Wildman–Crippen MR) is 149 cm³/mol. The summed E-state index contributed by atoms with van der Waals surface area (Å²) in [4.78, 5) is 40.6. The molecule has 0 aliphatic heterocycles. The maximum absolute atomic E-state index is 14.7. The van der Waals surface area contributed by atoms with E-state index in [4.69, 9.17) is 0 Å². The van der Waals surface area contributed by atoms with Gasteiger partial charge in [-0.2, -0.15) is 0 Å². The molecule has 0 spiro atoms. The van der Waals surface area contributed by atoms with Crippen LogP contribution in [-0.4, -0.2) is 27.4 Å². The van der Waals surface area contributed by atoms with Crippen molar-refractivity contribution in [2.45, 2.75) is 44.9 Å². The van der Waals surface area contributed by atoms with Crippen LogP contribution in [0.5, 0.6) is 0 Å². The number of aromatic nitrogens is 3. The maximum atomic E-state index is 14.7. The van der Waals surface area contributed by atoms with Gasteiger partial charge in [0.15, 0.2) is 0 Å². The van der Waals surface area contributed by atoms with Gasteiger partial charge >= 0.3 is 5.69 Å². The predicted octanol–water partition coefficient (Wildman–Crippen LogP) is 3.53. The van der Waals surface area contributed by atoms with Gasteiger partial charge in [-0.05, 0) is 69.5 Å². The van der Waals surface area contributed by atoms with Crippen LogP contribution in [0, 0.1) is 12.7 Å². The normalized spacial score (nSPS) is 13.7. The fourth-order valence-electron chi connectivity index (χ4n) is 4.41. The van der Waals surface area contributed by atoms with Crippen molar-refractivity contribution >= 4 is 38.1 Å². The van der Waals surface area contributed by atoms with E-state index in [0.717, 1.165) is 4.57 Å². The molecule has 4 aromatic rings. The third-order valence-corrected chi connectivity index (χ3v) is 8.50. The zero-order valence-electron chi connectivity index (χ0n) is 21.9. The minimum atomic E-state index is -3.68. The topological polar surface area (TPSA) is 124 Å². The van der Waals surface area contributed by atoms with Crippen LogP contribution in [0.3, 0.4) is 0 Å². The minimum Gasteiger partial charge on any atom is -0.352 e. The lowest BCUT2D eigenvalue weighted by Crippen LogP contribution is -2.41. The fraction of sp³-hybridized carbons (Fsp3) is 0.296. The first-order valence-corrected chi connectivity index (χ1v) is 14.0. The number of halogens is 1. The molecule has 10 nitrogen and oxygen atoms in total. The first-order chi connectivity index (χ1) is 18.4. The Morgan fingerprint density at radius 2 is 1.72 bits per heavy atom. The highest BCUT2D eigenvalue weighted by molar-refractivity contribution is 7.93. The summed E-state index contributed by atoms with van der Waals surface area (Å²) in [6, 6.07) is 11.6. The zero-order valence-corrected chi connectivity index (χ0v) is 22.7. The molecule has 2 N–H and O–H groups in total. The average molecular weight is 554 g/mol. The first kappa shape index (κ1) is 26.4. The summed E-state index contributed by atoms with van der Waals surface area (Å²) in [5.74, 6) is -0.565. The van der Waals surface area contributed by atoms with Crippen LogP contribution in [-0.2, 0) is 17.1 Å². The van der Waals surface area contributed by atoms with Crippen LogP contribution >= 0.6 is 0 Å². The van der Waals surface area contributed by atoms with Crippen LogP contribution in [0.25, 0.3) is 16.7 Å². The van der Waals surface area contributed by atoms with E-state index in [9.17, 15) is 27.2 Å². The molecule has 1 fully saturated rings. The van der Waals surface area contributed by atoms with E-state index < -0.39 is 37.9 Å². The molecular weight excluding hydrogens is 525 g/mol. The number of anilines is 3. The number of hydrogen-bond donors (Lipinski definition) is 2. The van der Waals surface area contributed by atoms with Crippen molar-refractivity contribution in [3.63, 3.8) is 0 Å². The molecule has 5 rings (SSSR count). The summed E-state index contributed by atoms with van der Waals surface area (Å²) in [6.07, 6.45) is 1.27. The molecule has 0 radical (unpaired) electrons. The van der Waals surface area contributed by atoms with Crippen molar-refractivity contribution in [2.75, 3.05) is 10.0 Å². The second kappa shape index (κ2) is 9.53. The molecule has 2 heterocycles. The summed E-state index contributed by atoms with van der Waals surface area (Å²) in [5.41, 5.74) is -0.521. The van der Waals surface area contributed by atoms with Crippen molar-refractivity contribution in [3.05, 3.63) is 91.1 Å². The maximum Gasteiger partial charge on any atom is 0.337 e. The minimum absolute atomic E-state index is 0.00622. The van der Waals surface area contributed by atoms with E-state index in [1.54, 1.807) is 31.2 Å². The second-order valence-corrected chi connectivity index (χ2v) is 12.3. The van der Waals surface area contributed by atoms with E-state index >= 15 is 0 Å². The largest absolute Gasteiger partial charge is 0.352 e. The molecule has 1 aliphatic rings. The first-order valence-electron chi connectivity index (χ1n) is 12.5. The molecule has 0 amide bonds. The molecule has 1 aliphatic carbocycles. The fourth-order valence-corrected chi connectivity index (χ4v) is 5.10. The van der Waals surface area contributed by atoms with Crippen molar-refractivity contribution in [1.29, 1.82) is 0 Å². The monoisotopic (exact) mass is 553 g/mol. The highest BCUT2D eigenvalue weighted by atomic mass is 32.2. The van der Waals surface area contributed by atoms with Crippen molar-refractivity contribution in [3.8, 4) is 5.69 Å². The van der Waals surface area contributed by atoms with Gasteiger partial charge in [-0.3, -0.25) is 23.4 Å². The number of fused-ring (bicyclic) bond motifs is 1. The Labute approximate surface area is 223 Å². The average Bonchev–Trinajstić information content (AvgIpc) is 3.69. The van der Waals surface area contributed by atoms with Gasteiger partial charge in [0.05, 0.1) is 28.0 Å². The number of nitrogens with one attached hydrogen (secondary N) is 2. The molecule has 204 valence electrons. The van der Waals surface area contributed by atoms with Crippen molar-refractivity contribution in [1.82, 2.24) is 13.7 Å². The smallest absolute Gasteiger partial charge is 0.337 e. The summed E-state index contributed by atoms with van der Waals surface area (Å²) >= 11 is 0. The van der Waals surface area contributed by atoms with Gasteiger partial charge in [0.2, 0.25) is 10.0 Å². The third-order valence-electron chi connectivity index (χ3n) is 6.74. The van der Waals surface area contributed by atoms with Crippen LogP contribution < -0.4 is 26.8 Å². The number of aryl methyl sites for hydroxylation is 2.